The third kappa shape index (κ3) is 9.41. The number of aromatic carboxylic acids is 1. The summed E-state index contributed by atoms with van der Waals surface area (Å²) in [4.78, 5) is 22.7. The van der Waals surface area contributed by atoms with Gasteiger partial charge in [-0.2, -0.15) is 5.26 Å². The smallest absolute Gasteiger partial charge is 0.335 e. The number of amides is 2. The number of anilines is 1. The summed E-state index contributed by atoms with van der Waals surface area (Å²) in [6.45, 7) is 0.440. The topological polar surface area (TPSA) is 153 Å². The molecule has 1 atom stereocenters. The van der Waals surface area contributed by atoms with Gasteiger partial charge in [0, 0.05) is 25.3 Å². The number of benzene rings is 2. The lowest BCUT2D eigenvalue weighted by Crippen LogP contribution is -2.38. The van der Waals surface area contributed by atoms with E-state index in [2.05, 4.69) is 16.0 Å². The van der Waals surface area contributed by atoms with Gasteiger partial charge in [0.05, 0.1) is 24.3 Å². The van der Waals surface area contributed by atoms with Crippen molar-refractivity contribution in [2.24, 2.45) is 0 Å². The minimum absolute atomic E-state index is 0.0120. The number of hydrogen-bond donors (Lipinski definition) is 5. The summed E-state index contributed by atoms with van der Waals surface area (Å²) < 4.78 is 22.7. The Morgan fingerprint density at radius 2 is 1.91 bits per heavy atom. The number of carboxylic acid groups (broad SMARTS) is 1. The number of nitrogens with one attached hydrogen (secondary N) is 3. The molecule has 10 nitrogen and oxygen atoms in total. The highest BCUT2D eigenvalue weighted by Crippen LogP contribution is 2.20. The van der Waals surface area contributed by atoms with Crippen LogP contribution in [0.2, 0.25) is 0 Å². The van der Waals surface area contributed by atoms with Crippen LogP contribution in [0.15, 0.2) is 42.5 Å². The van der Waals surface area contributed by atoms with Crippen LogP contribution in [0.1, 0.15) is 21.5 Å². The number of halogens is 1. The fraction of sp³-hybridized carbons (Fsp3) is 0.348. The number of alkyl halides is 1. The molecule has 0 spiro atoms. The maximum absolute atomic E-state index is 12.1. The second kappa shape index (κ2) is 14.4. The van der Waals surface area contributed by atoms with Crippen LogP contribution in [0.25, 0.3) is 0 Å². The van der Waals surface area contributed by atoms with E-state index < -0.39 is 24.8 Å². The van der Waals surface area contributed by atoms with Crippen molar-refractivity contribution in [3.8, 4) is 11.8 Å². The Balaban J connectivity index is 1.63. The van der Waals surface area contributed by atoms with Gasteiger partial charge in [0.25, 0.3) is 0 Å². The first-order valence-corrected chi connectivity index (χ1v) is 10.5. The molecule has 0 aliphatic rings. The van der Waals surface area contributed by atoms with Crippen LogP contribution in [0, 0.1) is 11.3 Å². The van der Waals surface area contributed by atoms with E-state index in [-0.39, 0.29) is 44.0 Å². The van der Waals surface area contributed by atoms with E-state index in [1.165, 1.54) is 24.3 Å². The Morgan fingerprint density at radius 1 is 1.15 bits per heavy atom. The highest BCUT2D eigenvalue weighted by atomic mass is 19.1. The number of hydrogen-bond acceptors (Lipinski definition) is 7. The molecule has 2 aromatic carbocycles. The monoisotopic (exact) mass is 474 g/mol. The van der Waals surface area contributed by atoms with Crippen molar-refractivity contribution in [3.63, 3.8) is 0 Å². The van der Waals surface area contributed by atoms with E-state index in [1.54, 1.807) is 18.2 Å². The van der Waals surface area contributed by atoms with Gasteiger partial charge in [0.2, 0.25) is 0 Å². The highest BCUT2D eigenvalue weighted by Gasteiger charge is 2.10. The van der Waals surface area contributed by atoms with Crippen molar-refractivity contribution in [2.45, 2.75) is 12.7 Å². The Labute approximate surface area is 196 Å². The quantitative estimate of drug-likeness (QED) is 0.260. The molecule has 0 heterocycles. The first-order chi connectivity index (χ1) is 16.4. The molecule has 2 amide bonds. The molecule has 0 saturated heterocycles. The molecule has 34 heavy (non-hydrogen) atoms. The number of carbonyl (C=O) groups excluding carboxylic acids is 1. The molecule has 1 unspecified atom stereocenters. The average Bonchev–Trinajstić information content (AvgIpc) is 2.83. The van der Waals surface area contributed by atoms with Crippen LogP contribution >= 0.6 is 0 Å². The van der Waals surface area contributed by atoms with Gasteiger partial charge in [-0.25, -0.2) is 14.0 Å². The summed E-state index contributed by atoms with van der Waals surface area (Å²) in [6, 6.07) is 12.2. The zero-order valence-electron chi connectivity index (χ0n) is 18.4. The van der Waals surface area contributed by atoms with E-state index in [0.717, 1.165) is 0 Å². The first-order valence-electron chi connectivity index (χ1n) is 10.5. The fourth-order valence-electron chi connectivity index (χ4n) is 2.77. The van der Waals surface area contributed by atoms with Crippen LogP contribution in [0.4, 0.5) is 14.9 Å². The van der Waals surface area contributed by atoms with Gasteiger partial charge in [-0.3, -0.25) is 0 Å². The van der Waals surface area contributed by atoms with Crippen molar-refractivity contribution in [3.05, 3.63) is 59.2 Å². The third-order valence-corrected chi connectivity index (χ3v) is 4.44. The summed E-state index contributed by atoms with van der Waals surface area (Å²) >= 11 is 0. The number of carboxylic acids is 1. The molecule has 0 saturated carbocycles. The molecule has 0 aromatic heterocycles. The predicted molar refractivity (Wildman–Crippen MR) is 122 cm³/mol. The Morgan fingerprint density at radius 3 is 2.59 bits per heavy atom. The molecule has 5 N–H and O–H groups in total. The van der Waals surface area contributed by atoms with Crippen molar-refractivity contribution < 1.29 is 33.7 Å². The van der Waals surface area contributed by atoms with Gasteiger partial charge in [0.1, 0.15) is 31.2 Å². The Kier molecular flexibility index (Phi) is 11.3. The standard InChI is InChI=1S/C23H27FN4O6/c24-7-10-33-14-16-1-6-21(18(11-16)12-25)34-15-20(29)13-26-8-9-27-23(32)28-19-4-2-17(3-5-19)22(30)31/h1-6,11,20,26,29H,7-10,13-15H2,(H,30,31)(H2,27,28,32). The molecular formula is C23H27FN4O6. The summed E-state index contributed by atoms with van der Waals surface area (Å²) in [5.41, 5.74) is 1.58. The summed E-state index contributed by atoms with van der Waals surface area (Å²) in [7, 11) is 0. The number of ether oxygens (including phenoxy) is 2. The molecule has 11 heteroatoms. The Bertz CT molecular complexity index is 980. The van der Waals surface area contributed by atoms with E-state index >= 15 is 0 Å². The van der Waals surface area contributed by atoms with Gasteiger partial charge in [-0.1, -0.05) is 6.07 Å². The number of carbonyl (C=O) groups is 2. The van der Waals surface area contributed by atoms with E-state index in [9.17, 15) is 24.3 Å². The minimum atomic E-state index is -1.05. The van der Waals surface area contributed by atoms with Gasteiger partial charge in [-0.05, 0) is 42.0 Å². The van der Waals surface area contributed by atoms with Crippen LogP contribution in [0.3, 0.4) is 0 Å². The molecule has 182 valence electrons. The lowest BCUT2D eigenvalue weighted by Gasteiger charge is -2.15. The molecule has 2 rings (SSSR count). The Hall–Kier alpha value is -3.72. The summed E-state index contributed by atoms with van der Waals surface area (Å²) in [6.07, 6.45) is -0.847. The SMILES string of the molecule is N#Cc1cc(COCCF)ccc1OCC(O)CNCCNC(=O)Nc1ccc(C(=O)O)cc1. The average molecular weight is 474 g/mol. The molecule has 0 aliphatic heterocycles. The maximum atomic E-state index is 12.1. The summed E-state index contributed by atoms with van der Waals surface area (Å²) in [5.74, 6) is -0.722. The zero-order valence-corrected chi connectivity index (χ0v) is 18.4. The third-order valence-electron chi connectivity index (χ3n) is 4.44. The number of nitriles is 1. The van der Waals surface area contributed by atoms with Crippen molar-refractivity contribution in [2.75, 3.05) is 44.8 Å². The normalized spacial score (nSPS) is 11.3. The number of aliphatic hydroxyl groups excluding tert-OH is 1. The van der Waals surface area contributed by atoms with Gasteiger partial charge in [0.15, 0.2) is 0 Å². The maximum Gasteiger partial charge on any atom is 0.335 e. The first kappa shape index (κ1) is 26.5. The lowest BCUT2D eigenvalue weighted by molar-refractivity contribution is 0.0697. The summed E-state index contributed by atoms with van der Waals surface area (Å²) in [5, 5.41) is 36.4. The number of aliphatic hydroxyl groups is 1. The van der Waals surface area contributed by atoms with Gasteiger partial charge in [-0.15, -0.1) is 0 Å². The molecule has 0 fully saturated rings. The second-order valence-electron chi connectivity index (χ2n) is 7.12. The van der Waals surface area contributed by atoms with Crippen LogP contribution < -0.4 is 20.7 Å². The second-order valence-corrected chi connectivity index (χ2v) is 7.12. The molecule has 0 radical (unpaired) electrons. The van der Waals surface area contributed by atoms with Crippen LogP contribution in [-0.4, -0.2) is 67.8 Å². The van der Waals surface area contributed by atoms with Crippen LogP contribution in [0.5, 0.6) is 5.75 Å². The number of nitrogens with zero attached hydrogens (tertiary/aromatic N) is 1. The molecular weight excluding hydrogens is 447 g/mol. The van der Waals surface area contributed by atoms with Gasteiger partial charge >= 0.3 is 12.0 Å². The van der Waals surface area contributed by atoms with Crippen LogP contribution in [-0.2, 0) is 11.3 Å². The van der Waals surface area contributed by atoms with Crippen molar-refractivity contribution in [1.29, 1.82) is 5.26 Å². The van der Waals surface area contributed by atoms with E-state index in [0.29, 0.717) is 23.5 Å². The van der Waals surface area contributed by atoms with E-state index in [4.69, 9.17) is 14.6 Å². The molecule has 0 aliphatic carbocycles. The van der Waals surface area contributed by atoms with Crippen molar-refractivity contribution in [1.82, 2.24) is 10.6 Å². The number of urea groups is 1. The fourth-order valence-corrected chi connectivity index (χ4v) is 2.77. The minimum Gasteiger partial charge on any atom is -0.489 e. The van der Waals surface area contributed by atoms with Crippen molar-refractivity contribution >= 4 is 17.7 Å². The number of rotatable bonds is 14. The lowest BCUT2D eigenvalue weighted by atomic mass is 10.1. The molecule has 0 bridgehead atoms. The highest BCUT2D eigenvalue weighted by molar-refractivity contribution is 5.91. The predicted octanol–water partition coefficient (Wildman–Crippen LogP) is 1.89. The van der Waals surface area contributed by atoms with Gasteiger partial charge < -0.3 is 35.6 Å². The molecule has 2 aromatic rings. The van der Waals surface area contributed by atoms with E-state index in [1.807, 2.05) is 6.07 Å². The largest absolute Gasteiger partial charge is 0.489 e. The zero-order chi connectivity index (χ0) is 24.8.